The molecule has 40 heavy (non-hydrogen) atoms. The van der Waals surface area contributed by atoms with E-state index in [1.807, 2.05) is 49.1 Å². The average molecular weight is 555 g/mol. The first-order valence-corrected chi connectivity index (χ1v) is 14.1. The van der Waals surface area contributed by atoms with Gasteiger partial charge in [0.25, 0.3) is 5.91 Å². The highest BCUT2D eigenvalue weighted by atomic mass is 19.2. The molecule has 2 atom stereocenters. The molecule has 0 bridgehead atoms. The van der Waals surface area contributed by atoms with Crippen LogP contribution >= 0.6 is 0 Å². The minimum Gasteiger partial charge on any atom is -0.460 e. The smallest absolute Gasteiger partial charge is 0.310 e. The summed E-state index contributed by atoms with van der Waals surface area (Å²) >= 11 is 0. The van der Waals surface area contributed by atoms with Crippen molar-refractivity contribution in [3.63, 3.8) is 0 Å². The normalized spacial score (nSPS) is 19.9. The Balaban J connectivity index is 1.59. The summed E-state index contributed by atoms with van der Waals surface area (Å²) in [4.78, 5) is 44.3. The minimum atomic E-state index is -1.07. The van der Waals surface area contributed by atoms with E-state index in [-0.39, 0.29) is 36.9 Å². The minimum absolute atomic E-state index is 0.0480. The van der Waals surface area contributed by atoms with Crippen molar-refractivity contribution in [3.8, 4) is 0 Å². The van der Waals surface area contributed by atoms with Gasteiger partial charge in [-0.25, -0.2) is 8.78 Å². The molecule has 2 heterocycles. The number of likely N-dealkylation sites (tertiary alicyclic amines) is 1. The summed E-state index contributed by atoms with van der Waals surface area (Å²) < 4.78 is 33.5. The van der Waals surface area contributed by atoms with E-state index in [1.165, 1.54) is 4.90 Å². The maximum Gasteiger partial charge on any atom is 0.310 e. The Labute approximate surface area is 235 Å². The van der Waals surface area contributed by atoms with E-state index in [9.17, 15) is 23.2 Å². The molecule has 0 spiro atoms. The SMILES string of the molecule is CC(C)CC1(C(CCN2Cc3cc(F)c(F)cc3C2=O)C(=O)OC(C)(C)C)CCN(CCc2ccccc2)C1=O. The Hall–Kier alpha value is -3.29. The second-order valence-corrected chi connectivity index (χ2v) is 12.6. The Morgan fingerprint density at radius 3 is 2.35 bits per heavy atom. The van der Waals surface area contributed by atoms with Crippen molar-refractivity contribution < 1.29 is 27.9 Å². The number of ether oxygens (including phenoxy) is 1. The van der Waals surface area contributed by atoms with E-state index >= 15 is 0 Å². The topological polar surface area (TPSA) is 66.9 Å². The molecule has 1 saturated heterocycles. The van der Waals surface area contributed by atoms with Crippen molar-refractivity contribution in [2.45, 2.75) is 72.4 Å². The lowest BCUT2D eigenvalue weighted by atomic mass is 9.67. The van der Waals surface area contributed by atoms with Gasteiger partial charge in [-0.15, -0.1) is 0 Å². The number of benzene rings is 2. The molecular weight excluding hydrogens is 514 g/mol. The van der Waals surface area contributed by atoms with Gasteiger partial charge in [0, 0.05) is 31.7 Å². The second-order valence-electron chi connectivity index (χ2n) is 12.6. The maximum absolute atomic E-state index is 14.2. The summed E-state index contributed by atoms with van der Waals surface area (Å²) in [7, 11) is 0. The third-order valence-electron chi connectivity index (χ3n) is 7.90. The van der Waals surface area contributed by atoms with Crippen molar-refractivity contribution in [2.24, 2.45) is 17.3 Å². The molecule has 1 fully saturated rings. The molecule has 0 saturated carbocycles. The third-order valence-corrected chi connectivity index (χ3v) is 7.90. The number of nitrogens with zero attached hydrogens (tertiary/aromatic N) is 2. The fourth-order valence-electron chi connectivity index (χ4n) is 6.19. The number of carbonyl (C=O) groups is 3. The molecule has 216 valence electrons. The molecule has 2 aromatic rings. The van der Waals surface area contributed by atoms with E-state index in [0.29, 0.717) is 31.5 Å². The van der Waals surface area contributed by atoms with Crippen molar-refractivity contribution in [2.75, 3.05) is 19.6 Å². The molecule has 2 aromatic carbocycles. The van der Waals surface area contributed by atoms with Crippen LogP contribution in [0.5, 0.6) is 0 Å². The highest BCUT2D eigenvalue weighted by Crippen LogP contribution is 2.47. The van der Waals surface area contributed by atoms with Crippen LogP contribution in [0.2, 0.25) is 0 Å². The number of fused-ring (bicyclic) bond motifs is 1. The Kier molecular flexibility index (Phi) is 8.66. The van der Waals surface area contributed by atoms with Gasteiger partial charge in [0.1, 0.15) is 5.60 Å². The lowest BCUT2D eigenvalue weighted by Crippen LogP contribution is -2.47. The first-order valence-electron chi connectivity index (χ1n) is 14.1. The van der Waals surface area contributed by atoms with Gasteiger partial charge in [-0.3, -0.25) is 14.4 Å². The lowest BCUT2D eigenvalue weighted by molar-refractivity contribution is -0.169. The van der Waals surface area contributed by atoms with E-state index < -0.39 is 40.4 Å². The number of amides is 2. The zero-order valence-electron chi connectivity index (χ0n) is 24.1. The summed E-state index contributed by atoms with van der Waals surface area (Å²) in [5.41, 5.74) is -0.0219. The van der Waals surface area contributed by atoms with E-state index in [1.54, 1.807) is 20.8 Å². The number of hydrogen-bond acceptors (Lipinski definition) is 4. The van der Waals surface area contributed by atoms with Gasteiger partial charge in [-0.2, -0.15) is 0 Å². The fraction of sp³-hybridized carbons (Fsp3) is 0.531. The van der Waals surface area contributed by atoms with Gasteiger partial charge < -0.3 is 14.5 Å². The molecule has 4 rings (SSSR count). The van der Waals surface area contributed by atoms with Gasteiger partial charge in [0.15, 0.2) is 11.6 Å². The highest BCUT2D eigenvalue weighted by molar-refractivity contribution is 5.98. The Morgan fingerprint density at radius 2 is 1.70 bits per heavy atom. The Bertz CT molecular complexity index is 1260. The summed E-state index contributed by atoms with van der Waals surface area (Å²) in [5.74, 6) is -3.59. The van der Waals surface area contributed by atoms with Crippen LogP contribution in [0.3, 0.4) is 0 Å². The summed E-state index contributed by atoms with van der Waals surface area (Å²) in [6, 6.07) is 12.0. The van der Waals surface area contributed by atoms with Crippen LogP contribution in [0, 0.1) is 28.9 Å². The average Bonchev–Trinajstić information content (AvgIpc) is 3.34. The number of hydrogen-bond donors (Lipinski definition) is 0. The molecule has 0 aliphatic carbocycles. The first-order chi connectivity index (χ1) is 18.8. The molecule has 0 radical (unpaired) electrons. The maximum atomic E-state index is 14.2. The molecule has 2 amide bonds. The molecule has 8 heteroatoms. The molecule has 0 aromatic heterocycles. The van der Waals surface area contributed by atoms with Gasteiger partial charge >= 0.3 is 5.97 Å². The van der Waals surface area contributed by atoms with Crippen molar-refractivity contribution >= 4 is 17.8 Å². The molecular formula is C32H40F2N2O4. The number of carbonyl (C=O) groups excluding carboxylic acids is 3. The highest BCUT2D eigenvalue weighted by Gasteiger charge is 2.55. The summed E-state index contributed by atoms with van der Waals surface area (Å²) in [6.07, 6.45) is 1.97. The van der Waals surface area contributed by atoms with Crippen LogP contribution < -0.4 is 0 Å². The van der Waals surface area contributed by atoms with E-state index in [2.05, 4.69) is 0 Å². The molecule has 2 aliphatic heterocycles. The number of halogens is 2. The third kappa shape index (κ3) is 6.37. The largest absolute Gasteiger partial charge is 0.460 e. The van der Waals surface area contributed by atoms with Crippen LogP contribution in [-0.4, -0.2) is 52.8 Å². The zero-order chi connectivity index (χ0) is 29.2. The first kappa shape index (κ1) is 29.7. The number of rotatable bonds is 10. The lowest BCUT2D eigenvalue weighted by Gasteiger charge is -2.38. The van der Waals surface area contributed by atoms with Gasteiger partial charge in [0.2, 0.25) is 5.91 Å². The predicted molar refractivity (Wildman–Crippen MR) is 148 cm³/mol. The number of esters is 1. The van der Waals surface area contributed by atoms with E-state index in [4.69, 9.17) is 4.74 Å². The molecule has 2 unspecified atom stereocenters. The Morgan fingerprint density at radius 1 is 1.02 bits per heavy atom. The second kappa shape index (κ2) is 11.7. The van der Waals surface area contributed by atoms with Crippen LogP contribution in [-0.2, 0) is 27.3 Å². The van der Waals surface area contributed by atoms with Crippen molar-refractivity contribution in [1.82, 2.24) is 9.80 Å². The fourth-order valence-corrected chi connectivity index (χ4v) is 6.19. The van der Waals surface area contributed by atoms with Gasteiger partial charge in [0.05, 0.1) is 11.3 Å². The van der Waals surface area contributed by atoms with Gasteiger partial charge in [-0.05, 0) is 75.6 Å². The van der Waals surface area contributed by atoms with Crippen LogP contribution in [0.4, 0.5) is 8.78 Å². The van der Waals surface area contributed by atoms with Crippen molar-refractivity contribution in [3.05, 3.63) is 70.8 Å². The molecule has 6 nitrogen and oxygen atoms in total. The van der Waals surface area contributed by atoms with Crippen LogP contribution in [0.15, 0.2) is 42.5 Å². The van der Waals surface area contributed by atoms with Crippen LogP contribution in [0.1, 0.15) is 75.4 Å². The predicted octanol–water partition coefficient (Wildman–Crippen LogP) is 5.78. The summed E-state index contributed by atoms with van der Waals surface area (Å²) in [6.45, 7) is 10.9. The standard InChI is InChI=1S/C32H40F2N2O4/c1-21(2)19-32(13-16-35(30(32)39)14-11-22-9-7-6-8-10-22)25(29(38)40-31(3,4)5)12-15-36-20-23-17-26(33)27(34)18-24(23)28(36)37/h6-10,17-18,21,25H,11-16,19-20H2,1-5H3. The summed E-state index contributed by atoms with van der Waals surface area (Å²) in [5, 5.41) is 0. The zero-order valence-corrected chi connectivity index (χ0v) is 24.1. The van der Waals surface area contributed by atoms with E-state index in [0.717, 1.165) is 24.1 Å². The van der Waals surface area contributed by atoms with Gasteiger partial charge in [-0.1, -0.05) is 44.2 Å². The molecule has 0 N–H and O–H groups in total. The van der Waals surface area contributed by atoms with Crippen LogP contribution in [0.25, 0.3) is 0 Å². The van der Waals surface area contributed by atoms with Crippen molar-refractivity contribution in [1.29, 1.82) is 0 Å². The molecule has 2 aliphatic rings. The quantitative estimate of drug-likeness (QED) is 0.350. The monoisotopic (exact) mass is 554 g/mol.